The van der Waals surface area contributed by atoms with Crippen LogP contribution in [0.2, 0.25) is 0 Å². The first-order valence-electron chi connectivity index (χ1n) is 14.2. The Morgan fingerprint density at radius 1 is 0.643 bits per heavy atom. The number of carbonyl (C=O) groups excluding carboxylic acids is 1. The van der Waals surface area contributed by atoms with Crippen LogP contribution in [0.1, 0.15) is 23.2 Å². The number of rotatable bonds is 8. The van der Waals surface area contributed by atoms with Crippen LogP contribution in [0.15, 0.2) is 133 Å². The van der Waals surface area contributed by atoms with E-state index in [1.54, 1.807) is 0 Å². The maximum Gasteiger partial charge on any atom is 0.254 e. The van der Waals surface area contributed by atoms with Crippen molar-refractivity contribution in [1.82, 2.24) is 4.90 Å². The predicted octanol–water partition coefficient (Wildman–Crippen LogP) is 6.46. The van der Waals surface area contributed by atoms with Crippen LogP contribution >= 0.6 is 15.8 Å². The molecule has 0 radical (unpaired) electrons. The standard InChI is InChI=1S/C36H31F2NOP2/c37-27-17-21-30(22-18-27)41(31-23-19-28(38)20-24-31)26-29-10-9-25-39(29)36(40)34-15-7-8-16-35(34)42(32-11-3-1-4-12-32)33-13-5-2-6-14-33/h1-8,11-24,29H,9-10,25-26H2/t29-/m0/s1. The van der Waals surface area contributed by atoms with E-state index in [4.69, 9.17) is 0 Å². The molecule has 2 nitrogen and oxygen atoms in total. The van der Waals surface area contributed by atoms with Gasteiger partial charge in [0.1, 0.15) is 11.6 Å². The summed E-state index contributed by atoms with van der Waals surface area (Å²) >= 11 is 0. The van der Waals surface area contributed by atoms with E-state index in [9.17, 15) is 13.6 Å². The Hall–Kier alpha value is -3.71. The molecule has 1 atom stereocenters. The van der Waals surface area contributed by atoms with Crippen molar-refractivity contribution >= 4 is 48.3 Å². The van der Waals surface area contributed by atoms with Gasteiger partial charge in [-0.05, 0) is 91.7 Å². The Kier molecular flexibility index (Phi) is 8.84. The number of nitrogens with zero attached hydrogens (tertiary/aromatic N) is 1. The first-order chi connectivity index (χ1) is 20.6. The van der Waals surface area contributed by atoms with Crippen LogP contribution in [-0.4, -0.2) is 29.6 Å². The predicted molar refractivity (Wildman–Crippen MR) is 173 cm³/mol. The van der Waals surface area contributed by atoms with Gasteiger partial charge in [0.2, 0.25) is 0 Å². The molecule has 0 bridgehead atoms. The minimum atomic E-state index is -0.938. The molecule has 6 rings (SSSR count). The third-order valence-electron chi connectivity index (χ3n) is 7.71. The zero-order valence-electron chi connectivity index (χ0n) is 23.1. The summed E-state index contributed by atoms with van der Waals surface area (Å²) in [5.41, 5.74) is 0.746. The Morgan fingerprint density at radius 2 is 1.14 bits per heavy atom. The van der Waals surface area contributed by atoms with Gasteiger partial charge in [-0.25, -0.2) is 8.78 Å². The number of hydrogen-bond acceptors (Lipinski definition) is 1. The van der Waals surface area contributed by atoms with E-state index in [0.29, 0.717) is 6.54 Å². The third-order valence-corrected chi connectivity index (χ3v) is 12.8. The van der Waals surface area contributed by atoms with Crippen LogP contribution in [-0.2, 0) is 0 Å². The molecule has 5 aromatic carbocycles. The maximum absolute atomic E-state index is 14.4. The minimum absolute atomic E-state index is 0.0338. The zero-order valence-corrected chi connectivity index (χ0v) is 24.9. The number of carbonyl (C=O) groups is 1. The van der Waals surface area contributed by atoms with Gasteiger partial charge < -0.3 is 4.90 Å². The second-order valence-corrected chi connectivity index (χ2v) is 14.8. The molecule has 0 spiro atoms. The van der Waals surface area contributed by atoms with Gasteiger partial charge in [0.25, 0.3) is 5.91 Å². The van der Waals surface area contributed by atoms with Gasteiger partial charge in [0.15, 0.2) is 0 Å². The highest BCUT2D eigenvalue weighted by atomic mass is 31.1. The number of hydrogen-bond donors (Lipinski definition) is 0. The van der Waals surface area contributed by atoms with Gasteiger partial charge in [-0.2, -0.15) is 0 Å². The number of benzene rings is 5. The smallest absolute Gasteiger partial charge is 0.254 e. The molecule has 0 saturated carbocycles. The van der Waals surface area contributed by atoms with Crippen molar-refractivity contribution in [3.8, 4) is 0 Å². The summed E-state index contributed by atoms with van der Waals surface area (Å²) in [7, 11) is -1.86. The summed E-state index contributed by atoms with van der Waals surface area (Å²) in [5, 5.41) is 5.50. The molecule has 5 aromatic rings. The van der Waals surface area contributed by atoms with Crippen LogP contribution < -0.4 is 26.5 Å². The summed E-state index contributed by atoms with van der Waals surface area (Å²) in [6.07, 6.45) is 2.58. The van der Waals surface area contributed by atoms with Crippen molar-refractivity contribution in [1.29, 1.82) is 0 Å². The first-order valence-corrected chi connectivity index (χ1v) is 17.0. The molecule has 1 fully saturated rings. The normalized spacial score (nSPS) is 15.0. The van der Waals surface area contributed by atoms with Gasteiger partial charge in [-0.3, -0.25) is 4.79 Å². The lowest BCUT2D eigenvalue weighted by Gasteiger charge is -2.30. The van der Waals surface area contributed by atoms with Crippen LogP contribution in [0.25, 0.3) is 0 Å². The van der Waals surface area contributed by atoms with Crippen LogP contribution in [0.4, 0.5) is 8.78 Å². The van der Waals surface area contributed by atoms with E-state index < -0.39 is 15.8 Å². The summed E-state index contributed by atoms with van der Waals surface area (Å²) < 4.78 is 27.6. The van der Waals surface area contributed by atoms with E-state index in [0.717, 1.165) is 40.5 Å². The van der Waals surface area contributed by atoms with Gasteiger partial charge in [-0.15, -0.1) is 0 Å². The summed E-state index contributed by atoms with van der Waals surface area (Å²) in [4.78, 5) is 16.5. The zero-order chi connectivity index (χ0) is 28.9. The van der Waals surface area contributed by atoms with Crippen molar-refractivity contribution < 1.29 is 13.6 Å². The van der Waals surface area contributed by atoms with Crippen molar-refractivity contribution in [3.63, 3.8) is 0 Å². The lowest BCUT2D eigenvalue weighted by molar-refractivity contribution is 0.0751. The quantitative estimate of drug-likeness (QED) is 0.189. The SMILES string of the molecule is O=C(c1ccccc1P(c1ccccc1)c1ccccc1)N1CCC[C@H]1CP(c1ccc(F)cc1)c1ccc(F)cc1. The fourth-order valence-corrected chi connectivity index (χ4v) is 10.7. The number of amides is 1. The van der Waals surface area contributed by atoms with Crippen molar-refractivity contribution in [2.24, 2.45) is 0 Å². The molecule has 1 saturated heterocycles. The first kappa shape index (κ1) is 28.4. The summed E-state index contributed by atoms with van der Waals surface area (Å²) in [5.74, 6) is -0.508. The molecule has 6 heteroatoms. The Balaban J connectivity index is 1.35. The summed E-state index contributed by atoms with van der Waals surface area (Å²) in [6.45, 7) is 0.697. The molecular formula is C36H31F2NOP2. The Labute approximate surface area is 248 Å². The van der Waals surface area contributed by atoms with E-state index in [1.165, 1.54) is 34.9 Å². The molecule has 42 heavy (non-hydrogen) atoms. The number of halogens is 2. The van der Waals surface area contributed by atoms with E-state index >= 15 is 0 Å². The van der Waals surface area contributed by atoms with Crippen molar-refractivity contribution in [2.45, 2.75) is 18.9 Å². The molecule has 1 heterocycles. The van der Waals surface area contributed by atoms with Gasteiger partial charge in [0.05, 0.1) is 0 Å². The van der Waals surface area contributed by atoms with Crippen LogP contribution in [0, 0.1) is 11.6 Å². The molecule has 0 aliphatic carbocycles. The molecule has 0 aromatic heterocycles. The molecule has 0 unspecified atom stereocenters. The average molecular weight is 594 g/mol. The molecule has 1 aliphatic rings. The molecule has 1 aliphatic heterocycles. The second kappa shape index (κ2) is 13.1. The fourth-order valence-electron chi connectivity index (χ4n) is 5.69. The van der Waals surface area contributed by atoms with Gasteiger partial charge in [0, 0.05) is 18.2 Å². The van der Waals surface area contributed by atoms with E-state index in [-0.39, 0.29) is 23.6 Å². The van der Waals surface area contributed by atoms with Gasteiger partial charge >= 0.3 is 0 Å². The van der Waals surface area contributed by atoms with Crippen LogP contribution in [0.3, 0.4) is 0 Å². The topological polar surface area (TPSA) is 20.3 Å². The Bertz CT molecular complexity index is 1540. The molecule has 0 N–H and O–H groups in total. The second-order valence-electron chi connectivity index (χ2n) is 10.4. The van der Waals surface area contributed by atoms with E-state index in [1.807, 2.05) is 59.5 Å². The maximum atomic E-state index is 14.4. The third kappa shape index (κ3) is 6.21. The van der Waals surface area contributed by atoms with Crippen molar-refractivity contribution in [2.75, 3.05) is 12.7 Å². The Morgan fingerprint density at radius 3 is 1.69 bits per heavy atom. The molecule has 1 amide bonds. The van der Waals surface area contributed by atoms with E-state index in [2.05, 4.69) is 54.6 Å². The monoisotopic (exact) mass is 593 g/mol. The molecular weight excluding hydrogens is 562 g/mol. The largest absolute Gasteiger partial charge is 0.335 e. The highest BCUT2D eigenvalue weighted by Crippen LogP contribution is 2.39. The average Bonchev–Trinajstić information content (AvgIpc) is 3.50. The lowest BCUT2D eigenvalue weighted by atomic mass is 10.2. The van der Waals surface area contributed by atoms with Crippen LogP contribution in [0.5, 0.6) is 0 Å². The summed E-state index contributed by atoms with van der Waals surface area (Å²) in [6, 6.07) is 42.2. The fraction of sp³-hybridized carbons (Fsp3) is 0.139. The minimum Gasteiger partial charge on any atom is -0.335 e. The lowest BCUT2D eigenvalue weighted by Crippen LogP contribution is -2.40. The highest BCUT2D eigenvalue weighted by molar-refractivity contribution is 7.80. The van der Waals surface area contributed by atoms with Gasteiger partial charge in [-0.1, -0.05) is 103 Å². The van der Waals surface area contributed by atoms with Crippen molar-refractivity contribution in [3.05, 3.63) is 151 Å². The molecule has 210 valence electrons. The number of likely N-dealkylation sites (tertiary alicyclic amines) is 1. The highest BCUT2D eigenvalue weighted by Gasteiger charge is 2.34.